The fourth-order valence-electron chi connectivity index (χ4n) is 4.29. The average Bonchev–Trinajstić information content (AvgIpc) is 3.08. The zero-order valence-corrected chi connectivity index (χ0v) is 20.5. The topological polar surface area (TPSA) is 97.9 Å². The maximum absolute atomic E-state index is 13.3. The molecule has 4 heterocycles. The number of nitrogens with one attached hydrogen (secondary N) is 1. The molecule has 1 aliphatic heterocycles. The molecule has 35 heavy (non-hydrogen) atoms. The maximum Gasteiger partial charge on any atom is 0.278 e. The average molecular weight is 471 g/mol. The normalized spacial score (nSPS) is 19.1. The van der Waals surface area contributed by atoms with Crippen LogP contribution in [0.2, 0.25) is 0 Å². The number of hydrogen-bond donors (Lipinski definition) is 2. The van der Waals surface area contributed by atoms with Crippen LogP contribution < -0.4 is 10.9 Å². The van der Waals surface area contributed by atoms with E-state index in [2.05, 4.69) is 43.2 Å². The van der Waals surface area contributed by atoms with Gasteiger partial charge in [-0.1, -0.05) is 51.1 Å². The van der Waals surface area contributed by atoms with Crippen LogP contribution in [-0.4, -0.2) is 29.4 Å². The summed E-state index contributed by atoms with van der Waals surface area (Å²) in [6, 6.07) is 13.6. The van der Waals surface area contributed by atoms with Gasteiger partial charge in [0, 0.05) is 11.9 Å². The van der Waals surface area contributed by atoms with Crippen LogP contribution in [0.15, 0.2) is 65.6 Å². The predicted octanol–water partition coefficient (Wildman–Crippen LogP) is 4.58. The van der Waals surface area contributed by atoms with E-state index in [0.717, 1.165) is 5.69 Å². The summed E-state index contributed by atoms with van der Waals surface area (Å²) in [6.07, 6.45) is 6.69. The van der Waals surface area contributed by atoms with Crippen molar-refractivity contribution < 1.29 is 5.11 Å². The molecule has 3 aromatic heterocycles. The first-order chi connectivity index (χ1) is 16.6. The molecule has 8 nitrogen and oxygen atoms in total. The second kappa shape index (κ2) is 8.46. The fraction of sp³-hybridized carbons (Fsp3) is 0.333. The van der Waals surface area contributed by atoms with Gasteiger partial charge in [-0.15, -0.1) is 0 Å². The lowest BCUT2D eigenvalue weighted by molar-refractivity contribution is 0.0443. The Hall–Kier alpha value is -3.78. The zero-order valence-electron chi connectivity index (χ0n) is 20.5. The summed E-state index contributed by atoms with van der Waals surface area (Å²) < 4.78 is 3.31. The van der Waals surface area contributed by atoms with Crippen molar-refractivity contribution in [3.05, 3.63) is 82.4 Å². The molecule has 0 saturated heterocycles. The van der Waals surface area contributed by atoms with Gasteiger partial charge in [0.1, 0.15) is 11.0 Å². The molecule has 0 aliphatic carbocycles. The van der Waals surface area contributed by atoms with Gasteiger partial charge in [0.25, 0.3) is 5.56 Å². The highest BCUT2D eigenvalue weighted by Crippen LogP contribution is 2.27. The van der Waals surface area contributed by atoms with Gasteiger partial charge in [0.05, 0.1) is 12.2 Å². The van der Waals surface area contributed by atoms with E-state index in [-0.39, 0.29) is 11.0 Å². The first kappa shape index (κ1) is 23.0. The van der Waals surface area contributed by atoms with Gasteiger partial charge in [0.2, 0.25) is 5.95 Å². The first-order valence-corrected chi connectivity index (χ1v) is 11.8. The van der Waals surface area contributed by atoms with Crippen LogP contribution in [0.3, 0.4) is 0 Å². The Balaban J connectivity index is 1.62. The van der Waals surface area contributed by atoms with Gasteiger partial charge >= 0.3 is 0 Å². The number of aromatic nitrogens is 5. The van der Waals surface area contributed by atoms with E-state index in [1.165, 1.54) is 5.56 Å². The van der Waals surface area contributed by atoms with Gasteiger partial charge in [0.15, 0.2) is 11.5 Å². The van der Waals surface area contributed by atoms with Crippen LogP contribution in [0.5, 0.6) is 0 Å². The molecule has 8 heteroatoms. The molecule has 180 valence electrons. The van der Waals surface area contributed by atoms with Crippen molar-refractivity contribution in [2.75, 3.05) is 5.32 Å². The molecule has 1 aromatic carbocycles. The number of pyridine rings is 1. The van der Waals surface area contributed by atoms with E-state index in [1.54, 1.807) is 22.5 Å². The van der Waals surface area contributed by atoms with Crippen LogP contribution in [0.4, 0.5) is 11.6 Å². The Morgan fingerprint density at radius 2 is 1.83 bits per heavy atom. The summed E-state index contributed by atoms with van der Waals surface area (Å²) in [7, 11) is 0. The molecule has 1 aliphatic rings. The highest BCUT2D eigenvalue weighted by atomic mass is 16.3. The highest BCUT2D eigenvalue weighted by Gasteiger charge is 2.26. The molecular weight excluding hydrogens is 440 g/mol. The molecular formula is C27H30N6O2. The number of hydrogen-bond acceptors (Lipinski definition) is 6. The number of fused-ring (bicyclic) bond motifs is 6. The molecule has 0 radical (unpaired) electrons. The summed E-state index contributed by atoms with van der Waals surface area (Å²) in [5.74, 6) is 0.902. The largest absolute Gasteiger partial charge is 0.384 e. The Morgan fingerprint density at radius 3 is 2.57 bits per heavy atom. The van der Waals surface area contributed by atoms with E-state index in [0.29, 0.717) is 47.9 Å². The van der Waals surface area contributed by atoms with Crippen molar-refractivity contribution >= 4 is 22.7 Å². The third-order valence-electron chi connectivity index (χ3n) is 6.43. The van der Waals surface area contributed by atoms with Crippen molar-refractivity contribution in [3.63, 3.8) is 0 Å². The van der Waals surface area contributed by atoms with Gasteiger partial charge in [-0.25, -0.2) is 19.3 Å². The van der Waals surface area contributed by atoms with Crippen molar-refractivity contribution in [3.8, 4) is 5.82 Å². The van der Waals surface area contributed by atoms with Crippen molar-refractivity contribution in [2.45, 2.75) is 58.1 Å². The van der Waals surface area contributed by atoms with Gasteiger partial charge < -0.3 is 10.4 Å². The van der Waals surface area contributed by atoms with Crippen molar-refractivity contribution in [1.82, 2.24) is 24.3 Å². The highest BCUT2D eigenvalue weighted by molar-refractivity contribution is 5.77. The minimum atomic E-state index is -1.08. The van der Waals surface area contributed by atoms with E-state index >= 15 is 0 Å². The monoisotopic (exact) mass is 470 g/mol. The minimum Gasteiger partial charge on any atom is -0.384 e. The second-order valence-electron chi connectivity index (χ2n) is 10.2. The smallest absolute Gasteiger partial charge is 0.278 e. The lowest BCUT2D eigenvalue weighted by Gasteiger charge is -2.22. The van der Waals surface area contributed by atoms with E-state index < -0.39 is 5.60 Å². The van der Waals surface area contributed by atoms with Gasteiger partial charge in [-0.05, 0) is 55.0 Å². The Bertz CT molecular complexity index is 1470. The molecule has 1 unspecified atom stereocenters. The Labute approximate surface area is 204 Å². The molecule has 2 N–H and O–H groups in total. The lowest BCUT2D eigenvalue weighted by atomic mass is 9.87. The van der Waals surface area contributed by atoms with Crippen LogP contribution in [0.1, 0.15) is 51.8 Å². The summed E-state index contributed by atoms with van der Waals surface area (Å²) in [5, 5.41) is 14.6. The Kier molecular flexibility index (Phi) is 5.56. The van der Waals surface area contributed by atoms with E-state index in [1.807, 2.05) is 42.5 Å². The standard InChI is InChI=1S/C27H30N6O2/c1-26(2,3)18-11-13-19(14-12-18)29-25-28-17-20-23(31-25)33-22-10-8-9-21(30-22)27(4,35)15-6-5-7-16-32(33)24(20)34/h5,7-14,17,35H,6,15-16H2,1-4H3,(H,28,29,31)/b7-5-. The summed E-state index contributed by atoms with van der Waals surface area (Å²) in [5.41, 5.74) is 1.89. The number of benzene rings is 1. The van der Waals surface area contributed by atoms with Crippen molar-refractivity contribution in [2.24, 2.45) is 0 Å². The lowest BCUT2D eigenvalue weighted by Crippen LogP contribution is -2.24. The fourth-order valence-corrected chi connectivity index (χ4v) is 4.29. The van der Waals surface area contributed by atoms with Crippen LogP contribution in [0, 0.1) is 0 Å². The van der Waals surface area contributed by atoms with Crippen LogP contribution >= 0.6 is 0 Å². The van der Waals surface area contributed by atoms with E-state index in [4.69, 9.17) is 9.97 Å². The quantitative estimate of drug-likeness (QED) is 0.416. The number of anilines is 2. The molecule has 1 atom stereocenters. The molecule has 0 spiro atoms. The SMILES string of the molecule is CC(C)(C)c1ccc(Nc2ncc3c(=O)n4n(c3n2)-c2cccc(n2)C(C)(O)CC/C=C\C4)cc1. The molecule has 0 amide bonds. The van der Waals surface area contributed by atoms with Gasteiger partial charge in [-0.3, -0.25) is 4.79 Å². The van der Waals surface area contributed by atoms with E-state index in [9.17, 15) is 9.90 Å². The predicted molar refractivity (Wildman–Crippen MR) is 137 cm³/mol. The molecule has 4 aromatic rings. The summed E-state index contributed by atoms with van der Waals surface area (Å²) >= 11 is 0. The molecule has 0 saturated carbocycles. The molecule has 2 bridgehead atoms. The Morgan fingerprint density at radius 1 is 1.06 bits per heavy atom. The number of allylic oxidation sites excluding steroid dienone is 2. The number of rotatable bonds is 2. The van der Waals surface area contributed by atoms with Crippen LogP contribution in [-0.2, 0) is 17.6 Å². The molecule has 5 rings (SSSR count). The first-order valence-electron chi connectivity index (χ1n) is 11.8. The minimum absolute atomic E-state index is 0.0645. The number of aliphatic hydroxyl groups is 1. The van der Waals surface area contributed by atoms with Gasteiger partial charge in [-0.2, -0.15) is 4.98 Å². The third-order valence-corrected chi connectivity index (χ3v) is 6.43. The second-order valence-corrected chi connectivity index (χ2v) is 10.2. The van der Waals surface area contributed by atoms with Crippen molar-refractivity contribution in [1.29, 1.82) is 0 Å². The summed E-state index contributed by atoms with van der Waals surface area (Å²) in [4.78, 5) is 27.1. The molecule has 0 fully saturated rings. The third kappa shape index (κ3) is 4.37. The zero-order chi connectivity index (χ0) is 24.8. The maximum atomic E-state index is 13.3. The summed E-state index contributed by atoms with van der Waals surface area (Å²) in [6.45, 7) is 8.65. The van der Waals surface area contributed by atoms with Crippen LogP contribution in [0.25, 0.3) is 16.9 Å². The number of nitrogens with zero attached hydrogens (tertiary/aromatic N) is 5.